The summed E-state index contributed by atoms with van der Waals surface area (Å²) in [5, 5.41) is 20.1. The van der Waals surface area contributed by atoms with Gasteiger partial charge in [0.1, 0.15) is 17.5 Å². The van der Waals surface area contributed by atoms with Gasteiger partial charge in [0.05, 0.1) is 11.6 Å². The second kappa shape index (κ2) is 15.0. The largest absolute Gasteiger partial charge is 0.425 e. The second-order valence-electron chi connectivity index (χ2n) is 9.11. The summed E-state index contributed by atoms with van der Waals surface area (Å²) in [5.74, 6) is -0.920. The van der Waals surface area contributed by atoms with Crippen LogP contribution < -0.4 is 21.3 Å². The summed E-state index contributed by atoms with van der Waals surface area (Å²) < 4.78 is 32.6. The lowest BCUT2D eigenvalue weighted by Crippen LogP contribution is -2.47. The molecule has 41 heavy (non-hydrogen) atoms. The maximum atomic E-state index is 13.7. The summed E-state index contributed by atoms with van der Waals surface area (Å²) in [7, 11) is 1.56. The van der Waals surface area contributed by atoms with Gasteiger partial charge in [-0.1, -0.05) is 23.7 Å². The van der Waals surface area contributed by atoms with Crippen molar-refractivity contribution in [3.8, 4) is 0 Å². The van der Waals surface area contributed by atoms with Crippen molar-refractivity contribution >= 4 is 46.3 Å². The molecule has 0 aliphatic heterocycles. The first-order valence-electron chi connectivity index (χ1n) is 12.7. The minimum atomic E-state index is -1.11. The van der Waals surface area contributed by atoms with Crippen LogP contribution in [0.15, 0.2) is 48.7 Å². The number of urea groups is 2. The van der Waals surface area contributed by atoms with E-state index in [9.17, 15) is 23.2 Å². The standard InChI is InChI=1S/C27H31ClF2N6O5/c1-16(36(2)26(39)33-15-18-4-3-5-21(30)24(18)28)6-9-23(35-25(38)31-10-11-37)41-27(40)34-22-13-19-12-20(29)8-7-17(19)14-32-22/h3-5,7-8,12-14,16,23,37H,6,9-11,15H2,1-2H3,(H,33,39)(H2,31,35,38)(H,32,34,40). The van der Waals surface area contributed by atoms with Gasteiger partial charge < -0.3 is 30.7 Å². The second-order valence-corrected chi connectivity index (χ2v) is 9.49. The maximum Gasteiger partial charge on any atom is 0.414 e. The first-order chi connectivity index (χ1) is 19.6. The minimum absolute atomic E-state index is 0.0143. The average molecular weight is 593 g/mol. The molecule has 5 amide bonds. The Hall–Kier alpha value is -4.23. The van der Waals surface area contributed by atoms with Crippen LogP contribution >= 0.6 is 11.6 Å². The third-order valence-corrected chi connectivity index (χ3v) is 6.57. The van der Waals surface area contributed by atoms with Gasteiger partial charge >= 0.3 is 18.2 Å². The van der Waals surface area contributed by atoms with Crippen LogP contribution in [0.4, 0.5) is 29.0 Å². The van der Waals surface area contributed by atoms with Crippen LogP contribution in [0.1, 0.15) is 25.3 Å². The van der Waals surface area contributed by atoms with Crippen LogP contribution in [0, 0.1) is 11.6 Å². The highest BCUT2D eigenvalue weighted by Crippen LogP contribution is 2.20. The van der Waals surface area contributed by atoms with Crippen molar-refractivity contribution < 1.29 is 33.0 Å². The number of anilines is 1. The van der Waals surface area contributed by atoms with E-state index >= 15 is 0 Å². The molecule has 11 nitrogen and oxygen atoms in total. The Balaban J connectivity index is 1.58. The maximum absolute atomic E-state index is 13.7. The molecule has 0 radical (unpaired) electrons. The van der Waals surface area contributed by atoms with E-state index in [1.165, 1.54) is 41.4 Å². The fourth-order valence-electron chi connectivity index (χ4n) is 3.74. The van der Waals surface area contributed by atoms with E-state index in [1.54, 1.807) is 26.1 Å². The number of fused-ring (bicyclic) bond motifs is 1. The van der Waals surface area contributed by atoms with E-state index in [-0.39, 0.29) is 43.0 Å². The molecule has 2 unspecified atom stereocenters. The van der Waals surface area contributed by atoms with E-state index in [0.717, 1.165) is 0 Å². The number of pyridine rings is 1. The molecule has 5 N–H and O–H groups in total. The van der Waals surface area contributed by atoms with Crippen molar-refractivity contribution in [2.75, 3.05) is 25.5 Å². The molecule has 3 rings (SSSR count). The number of hydrogen-bond donors (Lipinski definition) is 5. The van der Waals surface area contributed by atoms with Gasteiger partial charge in [-0.25, -0.2) is 28.1 Å². The van der Waals surface area contributed by atoms with E-state index < -0.39 is 36.0 Å². The first-order valence-corrected chi connectivity index (χ1v) is 13.1. The topological polar surface area (TPSA) is 145 Å². The zero-order valence-corrected chi connectivity index (χ0v) is 23.2. The minimum Gasteiger partial charge on any atom is -0.425 e. The number of ether oxygens (including phenoxy) is 1. The molecule has 0 bridgehead atoms. The van der Waals surface area contributed by atoms with Crippen molar-refractivity contribution in [3.05, 3.63) is 70.9 Å². The zero-order chi connectivity index (χ0) is 29.9. The van der Waals surface area contributed by atoms with Crippen molar-refractivity contribution in [2.24, 2.45) is 0 Å². The lowest BCUT2D eigenvalue weighted by molar-refractivity contribution is 0.0827. The Morgan fingerprint density at radius 3 is 2.63 bits per heavy atom. The van der Waals surface area contributed by atoms with Crippen molar-refractivity contribution in [2.45, 2.75) is 38.6 Å². The highest BCUT2D eigenvalue weighted by molar-refractivity contribution is 6.31. The molecular formula is C27H31ClF2N6O5. The number of carbonyl (C=O) groups excluding carboxylic acids is 3. The van der Waals surface area contributed by atoms with Crippen LogP contribution in [-0.2, 0) is 11.3 Å². The Labute approximate surface area is 240 Å². The van der Waals surface area contributed by atoms with Crippen LogP contribution in [0.25, 0.3) is 10.8 Å². The number of halogens is 3. The number of rotatable bonds is 11. The summed E-state index contributed by atoms with van der Waals surface area (Å²) in [6, 6.07) is 8.44. The van der Waals surface area contributed by atoms with Crippen molar-refractivity contribution in [1.29, 1.82) is 0 Å². The fraction of sp³-hybridized carbons (Fsp3) is 0.333. The van der Waals surface area contributed by atoms with Gasteiger partial charge in [0, 0.05) is 44.2 Å². The summed E-state index contributed by atoms with van der Waals surface area (Å²) in [6.45, 7) is 1.47. The van der Waals surface area contributed by atoms with Crippen LogP contribution in [-0.4, -0.2) is 65.6 Å². The summed E-state index contributed by atoms with van der Waals surface area (Å²) in [4.78, 5) is 43.0. The Morgan fingerprint density at radius 1 is 1.10 bits per heavy atom. The van der Waals surface area contributed by atoms with E-state index in [2.05, 4.69) is 26.3 Å². The van der Waals surface area contributed by atoms with Crippen LogP contribution in [0.2, 0.25) is 5.02 Å². The lowest BCUT2D eigenvalue weighted by atomic mass is 10.1. The molecule has 0 spiro atoms. The van der Waals surface area contributed by atoms with Gasteiger partial charge in [0.25, 0.3) is 0 Å². The molecule has 220 valence electrons. The Bertz CT molecular complexity index is 1380. The highest BCUT2D eigenvalue weighted by Gasteiger charge is 2.22. The monoisotopic (exact) mass is 592 g/mol. The summed E-state index contributed by atoms with van der Waals surface area (Å²) in [5.41, 5.74) is 0.421. The molecule has 0 saturated heterocycles. The predicted octanol–water partition coefficient (Wildman–Crippen LogP) is 4.34. The SMILES string of the molecule is CC(CCC(NC(=O)NCCO)OC(=O)Nc1cc2cc(F)ccc2cn1)N(C)C(=O)NCc1cccc(F)c1Cl. The summed E-state index contributed by atoms with van der Waals surface area (Å²) >= 11 is 5.94. The Morgan fingerprint density at radius 2 is 1.88 bits per heavy atom. The predicted molar refractivity (Wildman–Crippen MR) is 149 cm³/mol. The molecule has 1 heterocycles. The van der Waals surface area contributed by atoms with Crippen molar-refractivity contribution in [1.82, 2.24) is 25.8 Å². The van der Waals surface area contributed by atoms with Gasteiger partial charge in [-0.15, -0.1) is 0 Å². The number of amides is 5. The number of nitrogens with zero attached hydrogens (tertiary/aromatic N) is 2. The molecule has 2 atom stereocenters. The molecule has 1 aromatic heterocycles. The number of carbonyl (C=O) groups is 3. The molecular weight excluding hydrogens is 562 g/mol. The average Bonchev–Trinajstić information content (AvgIpc) is 2.94. The van der Waals surface area contributed by atoms with E-state index in [1.807, 2.05) is 0 Å². The van der Waals surface area contributed by atoms with Crippen LogP contribution in [0.3, 0.4) is 0 Å². The molecule has 0 aliphatic carbocycles. The number of aromatic nitrogens is 1. The number of hydrogen-bond acceptors (Lipinski definition) is 6. The number of aliphatic hydroxyl groups excluding tert-OH is 1. The normalized spacial score (nSPS) is 12.2. The highest BCUT2D eigenvalue weighted by atomic mass is 35.5. The van der Waals surface area contributed by atoms with Gasteiger partial charge in [-0.05, 0) is 54.6 Å². The zero-order valence-electron chi connectivity index (χ0n) is 22.4. The third kappa shape index (κ3) is 9.43. The number of nitrogens with one attached hydrogen (secondary N) is 4. The Kier molecular flexibility index (Phi) is 11.4. The number of aliphatic hydroxyl groups is 1. The van der Waals surface area contributed by atoms with E-state index in [4.69, 9.17) is 21.4 Å². The van der Waals surface area contributed by atoms with Gasteiger partial charge in [-0.2, -0.15) is 0 Å². The van der Waals surface area contributed by atoms with Gasteiger partial charge in [-0.3, -0.25) is 5.32 Å². The third-order valence-electron chi connectivity index (χ3n) is 6.14. The quantitative estimate of drug-likeness (QED) is 0.209. The molecule has 0 saturated carbocycles. The molecule has 3 aromatic rings. The van der Waals surface area contributed by atoms with Crippen LogP contribution in [0.5, 0.6) is 0 Å². The first kappa shape index (κ1) is 31.3. The molecule has 2 aromatic carbocycles. The summed E-state index contributed by atoms with van der Waals surface area (Å²) in [6.07, 6.45) is -0.155. The molecule has 0 aliphatic rings. The smallest absolute Gasteiger partial charge is 0.414 e. The van der Waals surface area contributed by atoms with Gasteiger partial charge in [0.2, 0.25) is 0 Å². The van der Waals surface area contributed by atoms with E-state index in [0.29, 0.717) is 22.8 Å². The lowest BCUT2D eigenvalue weighted by Gasteiger charge is -2.27. The molecule has 0 fully saturated rings. The fourth-order valence-corrected chi connectivity index (χ4v) is 3.93. The number of benzene rings is 2. The van der Waals surface area contributed by atoms with Gasteiger partial charge in [0.15, 0.2) is 6.23 Å². The van der Waals surface area contributed by atoms with Crippen molar-refractivity contribution in [3.63, 3.8) is 0 Å². The molecule has 14 heteroatoms.